The molecule has 0 aromatic carbocycles. The number of rotatable bonds is 6. The molecular weight excluding hydrogens is 336 g/mol. The van der Waals surface area contributed by atoms with Crippen LogP contribution in [0.5, 0.6) is 0 Å². The Morgan fingerprint density at radius 1 is 1.40 bits per heavy atom. The molecule has 0 bridgehead atoms. The number of fused-ring (bicyclic) bond motifs is 1. The fraction of sp³-hybridized carbons (Fsp3) is 0.389. The number of amides is 1. The van der Waals surface area contributed by atoms with E-state index in [9.17, 15) is 4.79 Å². The Hall–Kier alpha value is -2.41. The van der Waals surface area contributed by atoms with E-state index in [4.69, 9.17) is 4.42 Å². The third-order valence-corrected chi connectivity index (χ3v) is 5.38. The quantitative estimate of drug-likeness (QED) is 0.706. The van der Waals surface area contributed by atoms with Crippen LogP contribution in [-0.4, -0.2) is 28.0 Å². The van der Waals surface area contributed by atoms with Crippen LogP contribution < -0.4 is 10.6 Å². The van der Waals surface area contributed by atoms with Crippen molar-refractivity contribution in [2.24, 2.45) is 0 Å². The molecule has 1 aliphatic carbocycles. The number of carbonyl (C=O) groups is 1. The van der Waals surface area contributed by atoms with Crippen molar-refractivity contribution in [1.82, 2.24) is 15.3 Å². The number of aromatic nitrogens is 2. The largest absolute Gasteiger partial charge is 0.445 e. The van der Waals surface area contributed by atoms with E-state index in [-0.39, 0.29) is 11.4 Å². The molecule has 0 atom stereocenters. The second-order valence-electron chi connectivity index (χ2n) is 6.72. The van der Waals surface area contributed by atoms with Crippen LogP contribution in [0, 0.1) is 6.92 Å². The maximum atomic E-state index is 12.6. The van der Waals surface area contributed by atoms with E-state index in [0.717, 1.165) is 19.3 Å². The number of nitrogens with zero attached hydrogens (tertiary/aromatic N) is 2. The van der Waals surface area contributed by atoms with Gasteiger partial charge < -0.3 is 15.1 Å². The van der Waals surface area contributed by atoms with Gasteiger partial charge >= 0.3 is 0 Å². The Balaban J connectivity index is 1.57. The fourth-order valence-electron chi connectivity index (χ4n) is 2.75. The summed E-state index contributed by atoms with van der Waals surface area (Å²) in [6, 6.07) is 4.08. The van der Waals surface area contributed by atoms with Gasteiger partial charge in [-0.15, -0.1) is 11.3 Å². The third-order valence-electron chi connectivity index (χ3n) is 4.45. The average Bonchev–Trinajstić information content (AvgIpc) is 3.00. The molecular formula is C18H20N4O2S. The van der Waals surface area contributed by atoms with Crippen LogP contribution in [0.15, 0.2) is 28.2 Å². The van der Waals surface area contributed by atoms with E-state index >= 15 is 0 Å². The first kappa shape index (κ1) is 16.1. The summed E-state index contributed by atoms with van der Waals surface area (Å²) in [5, 5.41) is 9.10. The monoisotopic (exact) mass is 356 g/mol. The van der Waals surface area contributed by atoms with E-state index in [0.29, 0.717) is 34.9 Å². The van der Waals surface area contributed by atoms with Gasteiger partial charge in [-0.25, -0.2) is 4.98 Å². The Kier molecular flexibility index (Phi) is 3.95. The van der Waals surface area contributed by atoms with Crippen LogP contribution in [0.1, 0.15) is 40.8 Å². The highest BCUT2D eigenvalue weighted by molar-refractivity contribution is 7.09. The lowest BCUT2D eigenvalue weighted by Gasteiger charge is -2.13. The van der Waals surface area contributed by atoms with Gasteiger partial charge in [0.25, 0.3) is 5.91 Å². The van der Waals surface area contributed by atoms with Crippen molar-refractivity contribution in [3.8, 4) is 0 Å². The van der Waals surface area contributed by atoms with Gasteiger partial charge in [-0.05, 0) is 44.6 Å². The summed E-state index contributed by atoms with van der Waals surface area (Å²) < 4.78 is 5.53. The number of carbonyl (C=O) groups excluding carboxylic acids is 1. The molecule has 0 saturated heterocycles. The molecule has 3 aromatic rings. The molecule has 6 nitrogen and oxygen atoms in total. The fourth-order valence-corrected chi connectivity index (χ4v) is 3.46. The Labute approximate surface area is 149 Å². The highest BCUT2D eigenvalue weighted by Crippen LogP contribution is 2.39. The first-order valence-corrected chi connectivity index (χ1v) is 9.27. The topological polar surface area (TPSA) is 80.0 Å². The summed E-state index contributed by atoms with van der Waals surface area (Å²) in [7, 11) is 0. The smallest absolute Gasteiger partial charge is 0.255 e. The van der Waals surface area contributed by atoms with Crippen molar-refractivity contribution in [3.05, 3.63) is 40.0 Å². The summed E-state index contributed by atoms with van der Waals surface area (Å²) in [5.41, 5.74) is 0.980. The zero-order valence-corrected chi connectivity index (χ0v) is 15.1. The lowest BCUT2D eigenvalue weighted by atomic mass is 10.2. The number of thiophene rings is 1. The normalized spacial score (nSPS) is 15.3. The van der Waals surface area contributed by atoms with Crippen molar-refractivity contribution >= 4 is 34.2 Å². The maximum absolute atomic E-state index is 12.6. The van der Waals surface area contributed by atoms with Gasteiger partial charge in [-0.3, -0.25) is 4.79 Å². The van der Waals surface area contributed by atoms with Crippen LogP contribution in [0.25, 0.3) is 11.1 Å². The van der Waals surface area contributed by atoms with Crippen molar-refractivity contribution in [2.45, 2.75) is 38.6 Å². The zero-order chi connectivity index (χ0) is 17.4. The molecule has 3 aromatic heterocycles. The van der Waals surface area contributed by atoms with E-state index in [1.54, 1.807) is 11.3 Å². The molecule has 1 fully saturated rings. The van der Waals surface area contributed by atoms with Gasteiger partial charge in [0, 0.05) is 17.0 Å². The van der Waals surface area contributed by atoms with Gasteiger partial charge in [0.1, 0.15) is 17.9 Å². The third kappa shape index (κ3) is 3.37. The Bertz CT molecular complexity index is 913. The van der Waals surface area contributed by atoms with Gasteiger partial charge in [0.2, 0.25) is 5.71 Å². The minimum atomic E-state index is -0.160. The number of furan rings is 1. The van der Waals surface area contributed by atoms with Crippen molar-refractivity contribution < 1.29 is 9.21 Å². The number of nitrogens with one attached hydrogen (secondary N) is 2. The maximum Gasteiger partial charge on any atom is 0.255 e. The second kappa shape index (κ2) is 6.15. The van der Waals surface area contributed by atoms with Gasteiger partial charge in [0.05, 0.1) is 10.9 Å². The van der Waals surface area contributed by atoms with E-state index in [1.807, 2.05) is 18.4 Å². The minimum absolute atomic E-state index is 0.0535. The van der Waals surface area contributed by atoms with Crippen LogP contribution in [0.4, 0.5) is 5.82 Å². The molecule has 0 radical (unpaired) electrons. The SMILES string of the molecule is Cc1nc(NC2(C)CC2)c2c(C(=O)NCCc3cccs3)coc2n1. The van der Waals surface area contributed by atoms with Gasteiger partial charge in [-0.1, -0.05) is 6.07 Å². The van der Waals surface area contributed by atoms with Crippen molar-refractivity contribution in [2.75, 3.05) is 11.9 Å². The molecule has 0 aliphatic heterocycles. The van der Waals surface area contributed by atoms with Crippen LogP contribution >= 0.6 is 11.3 Å². The van der Waals surface area contributed by atoms with Crippen LogP contribution in [0.3, 0.4) is 0 Å². The zero-order valence-electron chi connectivity index (χ0n) is 14.3. The first-order chi connectivity index (χ1) is 12.0. The second-order valence-corrected chi connectivity index (χ2v) is 7.75. The molecule has 1 amide bonds. The summed E-state index contributed by atoms with van der Waals surface area (Å²) >= 11 is 1.69. The lowest BCUT2D eigenvalue weighted by Crippen LogP contribution is -2.25. The number of aryl methyl sites for hydroxylation is 1. The molecule has 4 rings (SSSR count). The molecule has 1 saturated carbocycles. The molecule has 3 heterocycles. The summed E-state index contributed by atoms with van der Waals surface area (Å²) in [6.07, 6.45) is 4.48. The van der Waals surface area contributed by atoms with Crippen LogP contribution in [0.2, 0.25) is 0 Å². The summed E-state index contributed by atoms with van der Waals surface area (Å²) in [6.45, 7) is 4.56. The minimum Gasteiger partial charge on any atom is -0.445 e. The summed E-state index contributed by atoms with van der Waals surface area (Å²) in [4.78, 5) is 22.7. The van der Waals surface area contributed by atoms with E-state index in [1.165, 1.54) is 11.1 Å². The number of anilines is 1. The van der Waals surface area contributed by atoms with E-state index < -0.39 is 0 Å². The number of hydrogen-bond acceptors (Lipinski definition) is 6. The standard InChI is InChI=1S/C18H20N4O2S/c1-11-20-15(22-18(2)6-7-18)14-13(10-24-17(14)21-11)16(23)19-8-5-12-4-3-9-25-12/h3-4,9-10H,5-8H2,1-2H3,(H,19,23)(H,20,21,22). The predicted molar refractivity (Wildman–Crippen MR) is 98.2 cm³/mol. The molecule has 2 N–H and O–H groups in total. The first-order valence-electron chi connectivity index (χ1n) is 8.39. The molecule has 1 aliphatic rings. The van der Waals surface area contributed by atoms with Gasteiger partial charge in [0.15, 0.2) is 0 Å². The van der Waals surface area contributed by atoms with Crippen molar-refractivity contribution in [3.63, 3.8) is 0 Å². The van der Waals surface area contributed by atoms with Crippen molar-refractivity contribution in [1.29, 1.82) is 0 Å². The Morgan fingerprint density at radius 3 is 2.96 bits per heavy atom. The lowest BCUT2D eigenvalue weighted by molar-refractivity contribution is 0.0955. The molecule has 0 unspecified atom stereocenters. The van der Waals surface area contributed by atoms with Crippen LogP contribution in [-0.2, 0) is 6.42 Å². The highest BCUT2D eigenvalue weighted by Gasteiger charge is 2.38. The number of hydrogen-bond donors (Lipinski definition) is 2. The predicted octanol–water partition coefficient (Wildman–Crippen LogP) is 3.53. The molecule has 25 heavy (non-hydrogen) atoms. The summed E-state index contributed by atoms with van der Waals surface area (Å²) in [5.74, 6) is 1.14. The highest BCUT2D eigenvalue weighted by atomic mass is 32.1. The van der Waals surface area contributed by atoms with E-state index in [2.05, 4.69) is 33.6 Å². The van der Waals surface area contributed by atoms with Gasteiger partial charge in [-0.2, -0.15) is 4.98 Å². The Morgan fingerprint density at radius 2 is 2.24 bits per heavy atom. The molecule has 130 valence electrons. The molecule has 7 heteroatoms. The average molecular weight is 356 g/mol. The molecule has 0 spiro atoms.